The van der Waals surface area contributed by atoms with Crippen LogP contribution in [-0.4, -0.2) is 26.0 Å². The number of nitrogens with two attached hydrogens (primary N) is 1. The molecule has 0 aliphatic rings. The van der Waals surface area contributed by atoms with Gasteiger partial charge in [-0.15, -0.1) is 0 Å². The monoisotopic (exact) mass is 343 g/mol. The fraction of sp³-hybridized carbons (Fsp3) is 0.385. The maximum atomic E-state index is 10.5. The number of ether oxygens (including phenoxy) is 2. The van der Waals surface area contributed by atoms with E-state index in [4.69, 9.17) is 15.2 Å². The summed E-state index contributed by atoms with van der Waals surface area (Å²) in [7, 11) is 1.57. The number of nitrogens with zero attached hydrogens (tertiary/aromatic N) is 1. The van der Waals surface area contributed by atoms with Gasteiger partial charge in [0.05, 0.1) is 24.4 Å². The fourth-order valence-electron chi connectivity index (χ4n) is 1.44. The number of primary amides is 1. The molecule has 0 fully saturated rings. The smallest absolute Gasteiger partial charge is 0.332 e. The standard InChI is InChI=1S/C13H18BrN3O3/c1-3-4-5-20-12-10(14)6-9(7-11(12)19-2)8-16-17-13(15)18/h6-8H,3-5H2,1-2H3,(H3,15,17,18)/b16-8+. The second kappa shape index (κ2) is 8.42. The van der Waals surface area contributed by atoms with Gasteiger partial charge in [0, 0.05) is 0 Å². The second-order valence-corrected chi connectivity index (χ2v) is 4.82. The third-order valence-corrected chi connectivity index (χ3v) is 2.97. The zero-order valence-corrected chi connectivity index (χ0v) is 13.1. The van der Waals surface area contributed by atoms with E-state index >= 15 is 0 Å². The van der Waals surface area contributed by atoms with E-state index in [1.165, 1.54) is 6.21 Å². The molecule has 0 saturated carbocycles. The van der Waals surface area contributed by atoms with Crippen LogP contribution >= 0.6 is 15.9 Å². The van der Waals surface area contributed by atoms with Crippen molar-refractivity contribution in [3.63, 3.8) is 0 Å². The van der Waals surface area contributed by atoms with Gasteiger partial charge in [0.15, 0.2) is 11.5 Å². The van der Waals surface area contributed by atoms with E-state index in [1.54, 1.807) is 13.2 Å². The Bertz CT molecular complexity index is 492. The quantitative estimate of drug-likeness (QED) is 0.453. The normalized spacial score (nSPS) is 10.6. The number of hydrogen-bond acceptors (Lipinski definition) is 4. The van der Waals surface area contributed by atoms with Gasteiger partial charge < -0.3 is 15.2 Å². The Balaban J connectivity index is 2.88. The van der Waals surface area contributed by atoms with E-state index in [-0.39, 0.29) is 0 Å². The van der Waals surface area contributed by atoms with Crippen molar-refractivity contribution >= 4 is 28.2 Å². The Kier molecular flexibility index (Phi) is 6.86. The molecule has 0 radical (unpaired) electrons. The summed E-state index contributed by atoms with van der Waals surface area (Å²) >= 11 is 3.43. The number of urea groups is 1. The van der Waals surface area contributed by atoms with Crippen molar-refractivity contribution in [1.29, 1.82) is 0 Å². The van der Waals surface area contributed by atoms with E-state index in [1.807, 2.05) is 6.07 Å². The molecule has 1 aromatic carbocycles. The summed E-state index contributed by atoms with van der Waals surface area (Å²) in [4.78, 5) is 10.5. The van der Waals surface area contributed by atoms with Gasteiger partial charge in [-0.05, 0) is 40.0 Å². The average Bonchev–Trinajstić information content (AvgIpc) is 2.40. The summed E-state index contributed by atoms with van der Waals surface area (Å²) < 4.78 is 11.7. The van der Waals surface area contributed by atoms with Crippen molar-refractivity contribution < 1.29 is 14.3 Å². The fourth-order valence-corrected chi connectivity index (χ4v) is 2.02. The lowest BCUT2D eigenvalue weighted by Crippen LogP contribution is -2.24. The third kappa shape index (κ3) is 5.08. The molecule has 20 heavy (non-hydrogen) atoms. The molecule has 3 N–H and O–H groups in total. The largest absolute Gasteiger partial charge is 0.493 e. The average molecular weight is 344 g/mol. The number of carbonyl (C=O) groups excluding carboxylic acids is 1. The first-order valence-corrected chi connectivity index (χ1v) is 6.96. The van der Waals surface area contributed by atoms with Gasteiger partial charge in [0.25, 0.3) is 0 Å². The lowest BCUT2D eigenvalue weighted by Gasteiger charge is -2.13. The highest BCUT2D eigenvalue weighted by Gasteiger charge is 2.10. The van der Waals surface area contributed by atoms with Crippen molar-refractivity contribution in [3.05, 3.63) is 22.2 Å². The van der Waals surface area contributed by atoms with Crippen LogP contribution in [0.5, 0.6) is 11.5 Å². The maximum Gasteiger partial charge on any atom is 0.332 e. The predicted octanol–water partition coefficient (Wildman–Crippen LogP) is 2.64. The molecule has 0 heterocycles. The Hall–Kier alpha value is -1.76. The molecular weight excluding hydrogens is 326 g/mol. The molecule has 7 heteroatoms. The van der Waals surface area contributed by atoms with Gasteiger partial charge >= 0.3 is 6.03 Å². The van der Waals surface area contributed by atoms with Gasteiger partial charge in [-0.25, -0.2) is 10.2 Å². The zero-order valence-electron chi connectivity index (χ0n) is 11.5. The van der Waals surface area contributed by atoms with Crippen molar-refractivity contribution in [1.82, 2.24) is 5.43 Å². The number of carbonyl (C=O) groups is 1. The Morgan fingerprint density at radius 3 is 2.90 bits per heavy atom. The Morgan fingerprint density at radius 2 is 2.30 bits per heavy atom. The first kappa shape index (κ1) is 16.3. The highest BCUT2D eigenvalue weighted by Crippen LogP contribution is 2.36. The zero-order chi connectivity index (χ0) is 15.0. The molecule has 0 aliphatic heterocycles. The van der Waals surface area contributed by atoms with E-state index in [0.717, 1.165) is 22.9 Å². The van der Waals surface area contributed by atoms with Gasteiger partial charge in [0.1, 0.15) is 0 Å². The number of rotatable bonds is 7. The van der Waals surface area contributed by atoms with Crippen LogP contribution in [0.2, 0.25) is 0 Å². The molecule has 0 bridgehead atoms. The SMILES string of the molecule is CCCCOc1c(Br)cc(/C=N/NC(N)=O)cc1OC. The minimum absolute atomic E-state index is 0.594. The summed E-state index contributed by atoms with van der Waals surface area (Å²) in [5.41, 5.74) is 7.79. The molecule has 6 nitrogen and oxygen atoms in total. The summed E-state index contributed by atoms with van der Waals surface area (Å²) in [6.07, 6.45) is 3.50. The van der Waals surface area contributed by atoms with Crippen LogP contribution in [-0.2, 0) is 0 Å². The highest BCUT2D eigenvalue weighted by molar-refractivity contribution is 9.10. The molecule has 0 spiro atoms. The second-order valence-electron chi connectivity index (χ2n) is 3.97. The van der Waals surface area contributed by atoms with Crippen LogP contribution in [0.1, 0.15) is 25.3 Å². The number of methoxy groups -OCH3 is 1. The molecule has 0 aliphatic carbocycles. The molecule has 1 aromatic rings. The third-order valence-electron chi connectivity index (χ3n) is 2.38. The van der Waals surface area contributed by atoms with Gasteiger partial charge in [-0.3, -0.25) is 0 Å². The summed E-state index contributed by atoms with van der Waals surface area (Å²) in [6, 6.07) is 2.86. The van der Waals surface area contributed by atoms with Crippen LogP contribution < -0.4 is 20.6 Å². The van der Waals surface area contributed by atoms with Crippen LogP contribution in [0.25, 0.3) is 0 Å². The topological polar surface area (TPSA) is 85.9 Å². The maximum absolute atomic E-state index is 10.5. The number of amides is 2. The van der Waals surface area contributed by atoms with E-state index in [0.29, 0.717) is 18.1 Å². The lowest BCUT2D eigenvalue weighted by molar-refractivity contribution is 0.249. The molecular formula is C13H18BrN3O3. The van der Waals surface area contributed by atoms with Gasteiger partial charge in [-0.1, -0.05) is 13.3 Å². The molecule has 1 rings (SSSR count). The Labute approximate surface area is 126 Å². The number of unbranched alkanes of at least 4 members (excludes halogenated alkanes) is 1. The van der Waals surface area contributed by atoms with Gasteiger partial charge in [-0.2, -0.15) is 5.10 Å². The van der Waals surface area contributed by atoms with Crippen molar-refractivity contribution in [3.8, 4) is 11.5 Å². The minimum atomic E-state index is -0.716. The first-order valence-electron chi connectivity index (χ1n) is 6.17. The molecule has 0 unspecified atom stereocenters. The number of hydrogen-bond donors (Lipinski definition) is 2. The van der Waals surface area contributed by atoms with Crippen LogP contribution in [0.15, 0.2) is 21.7 Å². The molecule has 2 amide bonds. The molecule has 110 valence electrons. The van der Waals surface area contributed by atoms with Crippen molar-refractivity contribution in [2.75, 3.05) is 13.7 Å². The Morgan fingerprint density at radius 1 is 1.55 bits per heavy atom. The number of benzene rings is 1. The molecule has 0 saturated heterocycles. The molecule has 0 aromatic heterocycles. The number of hydrazone groups is 1. The van der Waals surface area contributed by atoms with E-state index < -0.39 is 6.03 Å². The van der Waals surface area contributed by atoms with Crippen LogP contribution in [0.3, 0.4) is 0 Å². The van der Waals surface area contributed by atoms with Crippen LogP contribution in [0.4, 0.5) is 4.79 Å². The van der Waals surface area contributed by atoms with Gasteiger partial charge in [0.2, 0.25) is 0 Å². The lowest BCUT2D eigenvalue weighted by atomic mass is 10.2. The van der Waals surface area contributed by atoms with Crippen LogP contribution in [0, 0.1) is 0 Å². The highest BCUT2D eigenvalue weighted by atomic mass is 79.9. The number of nitrogens with one attached hydrogen (secondary N) is 1. The van der Waals surface area contributed by atoms with Crippen molar-refractivity contribution in [2.24, 2.45) is 10.8 Å². The van der Waals surface area contributed by atoms with E-state index in [2.05, 4.69) is 33.4 Å². The first-order chi connectivity index (χ1) is 9.58. The predicted molar refractivity (Wildman–Crippen MR) is 81.4 cm³/mol. The van der Waals surface area contributed by atoms with Crippen molar-refractivity contribution in [2.45, 2.75) is 19.8 Å². The minimum Gasteiger partial charge on any atom is -0.493 e. The number of halogens is 1. The summed E-state index contributed by atoms with van der Waals surface area (Å²) in [5, 5.41) is 3.70. The van der Waals surface area contributed by atoms with E-state index in [9.17, 15) is 4.79 Å². The molecule has 0 atom stereocenters. The summed E-state index contributed by atoms with van der Waals surface area (Å²) in [6.45, 7) is 2.73. The summed E-state index contributed by atoms with van der Waals surface area (Å²) in [5.74, 6) is 1.25.